The summed E-state index contributed by atoms with van der Waals surface area (Å²) in [4.78, 5) is 28.0. The molecule has 2 aromatic rings. The number of methoxy groups -OCH3 is 1. The lowest BCUT2D eigenvalue weighted by Gasteiger charge is -2.39. The molecule has 1 N–H and O–H groups in total. The molecular formula is C26H27ClFNO4S. The number of thiophene rings is 1. The third kappa shape index (κ3) is 4.64. The standard InChI is InChI=1S/C26H27ClFNO4S/c1-13-22(25(31)32-5)24(23-18(29-13)10-26(3,4)11-19(23)30)21-8-15(14(2)34-21)12-33-20-7-6-16(28)9-17(20)27/h6-9,24,29H,10-12H2,1-5H3/t24-/m0/s1. The normalized spacial score (nSPS) is 19.6. The maximum Gasteiger partial charge on any atom is 0.336 e. The van der Waals surface area contributed by atoms with Crippen molar-refractivity contribution < 1.29 is 23.5 Å². The first-order valence-electron chi connectivity index (χ1n) is 11.0. The van der Waals surface area contributed by atoms with Gasteiger partial charge >= 0.3 is 5.97 Å². The van der Waals surface area contributed by atoms with Gasteiger partial charge in [-0.15, -0.1) is 11.3 Å². The maximum absolute atomic E-state index is 13.3. The van der Waals surface area contributed by atoms with Crippen molar-refractivity contribution in [1.82, 2.24) is 5.32 Å². The third-order valence-corrected chi connectivity index (χ3v) is 7.70. The molecule has 0 radical (unpaired) electrons. The molecule has 1 aromatic carbocycles. The van der Waals surface area contributed by atoms with Crippen LogP contribution in [0.3, 0.4) is 0 Å². The molecule has 0 bridgehead atoms. The number of benzene rings is 1. The van der Waals surface area contributed by atoms with E-state index in [1.165, 1.54) is 36.6 Å². The first-order valence-corrected chi connectivity index (χ1v) is 12.2. The lowest BCUT2D eigenvalue weighted by Crippen LogP contribution is -2.38. The number of Topliss-reactive ketones (excluding diaryl/α,β-unsaturated/α-hetero) is 1. The number of carbonyl (C=O) groups excluding carboxylic acids is 2. The zero-order chi connectivity index (χ0) is 24.8. The molecule has 0 unspecified atom stereocenters. The van der Waals surface area contributed by atoms with E-state index >= 15 is 0 Å². The summed E-state index contributed by atoms with van der Waals surface area (Å²) < 4.78 is 24.3. The first kappa shape index (κ1) is 24.5. The van der Waals surface area contributed by atoms with Crippen LogP contribution >= 0.6 is 22.9 Å². The van der Waals surface area contributed by atoms with Crippen molar-refractivity contribution in [2.45, 2.75) is 53.1 Å². The van der Waals surface area contributed by atoms with Crippen LogP contribution in [0.25, 0.3) is 0 Å². The molecule has 0 amide bonds. The summed E-state index contributed by atoms with van der Waals surface area (Å²) in [5, 5.41) is 3.52. The lowest BCUT2D eigenvalue weighted by atomic mass is 9.70. The van der Waals surface area contributed by atoms with Crippen molar-refractivity contribution >= 4 is 34.7 Å². The zero-order valence-corrected chi connectivity index (χ0v) is 21.4. The molecular weight excluding hydrogens is 477 g/mol. The Balaban J connectivity index is 1.72. The molecule has 34 heavy (non-hydrogen) atoms. The third-order valence-electron chi connectivity index (χ3n) is 6.25. The van der Waals surface area contributed by atoms with Gasteiger partial charge in [-0.25, -0.2) is 9.18 Å². The highest BCUT2D eigenvalue weighted by Crippen LogP contribution is 2.48. The van der Waals surface area contributed by atoms with Crippen molar-refractivity contribution in [3.05, 3.63) is 73.0 Å². The fourth-order valence-electron chi connectivity index (χ4n) is 4.68. The number of ketones is 1. The Morgan fingerprint density at radius 2 is 2.00 bits per heavy atom. The van der Waals surface area contributed by atoms with E-state index in [1.807, 2.05) is 19.9 Å². The van der Waals surface area contributed by atoms with Crippen LogP contribution in [0.4, 0.5) is 4.39 Å². The number of ether oxygens (including phenoxy) is 2. The van der Waals surface area contributed by atoms with Crippen LogP contribution in [-0.2, 0) is 20.9 Å². The molecule has 2 heterocycles. The van der Waals surface area contributed by atoms with Crippen molar-refractivity contribution in [2.24, 2.45) is 5.41 Å². The fourth-order valence-corrected chi connectivity index (χ4v) is 6.06. The highest BCUT2D eigenvalue weighted by atomic mass is 35.5. The summed E-state index contributed by atoms with van der Waals surface area (Å²) in [5.74, 6) is -0.961. The quantitative estimate of drug-likeness (QED) is 0.492. The molecule has 1 aromatic heterocycles. The summed E-state index contributed by atoms with van der Waals surface area (Å²) in [6.45, 7) is 8.19. The van der Waals surface area contributed by atoms with Crippen LogP contribution in [0, 0.1) is 18.2 Å². The van der Waals surface area contributed by atoms with Gasteiger partial charge in [0.2, 0.25) is 0 Å². The van der Waals surface area contributed by atoms with Gasteiger partial charge in [0.25, 0.3) is 0 Å². The number of esters is 1. The molecule has 1 aliphatic heterocycles. The zero-order valence-electron chi connectivity index (χ0n) is 19.8. The Kier molecular flexibility index (Phi) is 6.62. The van der Waals surface area contributed by atoms with E-state index < -0.39 is 17.7 Å². The minimum Gasteiger partial charge on any atom is -0.487 e. The first-order chi connectivity index (χ1) is 16.0. The smallest absolute Gasteiger partial charge is 0.336 e. The molecule has 0 fully saturated rings. The van der Waals surface area contributed by atoms with Gasteiger partial charge in [-0.05, 0) is 49.9 Å². The maximum atomic E-state index is 13.3. The number of halogens is 2. The Hall–Kier alpha value is -2.64. The number of dihydropyridines is 1. The molecule has 1 aliphatic carbocycles. The van der Waals surface area contributed by atoms with Crippen LogP contribution in [-0.4, -0.2) is 18.9 Å². The van der Waals surface area contributed by atoms with Gasteiger partial charge in [0.15, 0.2) is 5.78 Å². The van der Waals surface area contributed by atoms with E-state index in [0.29, 0.717) is 29.0 Å². The minimum absolute atomic E-state index is 0.0413. The average Bonchev–Trinajstić information content (AvgIpc) is 3.11. The summed E-state index contributed by atoms with van der Waals surface area (Å²) in [7, 11) is 1.35. The van der Waals surface area contributed by atoms with Gasteiger partial charge < -0.3 is 14.8 Å². The monoisotopic (exact) mass is 503 g/mol. The SMILES string of the molecule is COC(=O)C1=C(C)NC2=C(C(=O)CC(C)(C)C2)[C@H]1c1cc(COc2ccc(F)cc2Cl)c(C)s1. The topological polar surface area (TPSA) is 64.6 Å². The number of carbonyl (C=O) groups is 2. The fraction of sp³-hybridized carbons (Fsp3) is 0.385. The Morgan fingerprint density at radius 3 is 2.68 bits per heavy atom. The van der Waals surface area contributed by atoms with E-state index in [0.717, 1.165) is 27.4 Å². The minimum atomic E-state index is -0.501. The Morgan fingerprint density at radius 1 is 1.26 bits per heavy atom. The van der Waals surface area contributed by atoms with Crippen LogP contribution in [0.2, 0.25) is 5.02 Å². The molecule has 2 aliphatic rings. The number of nitrogens with one attached hydrogen (secondary N) is 1. The molecule has 0 saturated carbocycles. The highest BCUT2D eigenvalue weighted by Gasteiger charge is 2.43. The molecule has 4 rings (SSSR count). The summed E-state index contributed by atoms with van der Waals surface area (Å²) in [6.07, 6.45) is 1.14. The van der Waals surface area contributed by atoms with Crippen molar-refractivity contribution in [3.8, 4) is 5.75 Å². The van der Waals surface area contributed by atoms with Crippen LogP contribution in [0.5, 0.6) is 5.75 Å². The number of aryl methyl sites for hydroxylation is 1. The van der Waals surface area contributed by atoms with E-state index in [4.69, 9.17) is 21.1 Å². The number of rotatable bonds is 5. The van der Waals surface area contributed by atoms with E-state index in [2.05, 4.69) is 19.2 Å². The molecule has 5 nitrogen and oxygen atoms in total. The largest absolute Gasteiger partial charge is 0.487 e. The molecule has 180 valence electrons. The summed E-state index contributed by atoms with van der Waals surface area (Å²) in [5.41, 5.74) is 3.41. The van der Waals surface area contributed by atoms with Crippen molar-refractivity contribution in [1.29, 1.82) is 0 Å². The summed E-state index contributed by atoms with van der Waals surface area (Å²) >= 11 is 7.62. The summed E-state index contributed by atoms with van der Waals surface area (Å²) in [6, 6.07) is 5.97. The second-order valence-corrected chi connectivity index (χ2v) is 11.2. The highest BCUT2D eigenvalue weighted by molar-refractivity contribution is 7.12. The number of allylic oxidation sites excluding steroid dienone is 3. The van der Waals surface area contributed by atoms with E-state index in [-0.39, 0.29) is 22.8 Å². The Bertz CT molecular complexity index is 1240. The van der Waals surface area contributed by atoms with Gasteiger partial charge in [0.05, 0.1) is 23.6 Å². The van der Waals surface area contributed by atoms with Crippen molar-refractivity contribution in [3.63, 3.8) is 0 Å². The van der Waals surface area contributed by atoms with Crippen LogP contribution in [0.15, 0.2) is 46.8 Å². The average molecular weight is 504 g/mol. The van der Waals surface area contributed by atoms with E-state index in [9.17, 15) is 14.0 Å². The van der Waals surface area contributed by atoms with Crippen LogP contribution in [0.1, 0.15) is 54.8 Å². The van der Waals surface area contributed by atoms with Gasteiger partial charge in [-0.2, -0.15) is 0 Å². The molecule has 8 heteroatoms. The predicted octanol–water partition coefficient (Wildman–Crippen LogP) is 6.21. The molecule has 0 saturated heterocycles. The second-order valence-electron chi connectivity index (χ2n) is 9.52. The van der Waals surface area contributed by atoms with Gasteiger partial charge in [-0.3, -0.25) is 4.79 Å². The Labute approximate surface area is 207 Å². The number of hydrogen-bond acceptors (Lipinski definition) is 6. The predicted molar refractivity (Wildman–Crippen MR) is 130 cm³/mol. The lowest BCUT2D eigenvalue weighted by molar-refractivity contribution is -0.136. The van der Waals surface area contributed by atoms with Crippen LogP contribution < -0.4 is 10.1 Å². The van der Waals surface area contributed by atoms with Gasteiger partial charge in [-0.1, -0.05) is 25.4 Å². The second kappa shape index (κ2) is 9.19. The van der Waals surface area contributed by atoms with Gasteiger partial charge in [0, 0.05) is 38.7 Å². The van der Waals surface area contributed by atoms with E-state index in [1.54, 1.807) is 0 Å². The van der Waals surface area contributed by atoms with Gasteiger partial charge in [0.1, 0.15) is 18.2 Å². The molecule has 1 atom stereocenters. The van der Waals surface area contributed by atoms with Crippen molar-refractivity contribution in [2.75, 3.05) is 7.11 Å². The number of hydrogen-bond donors (Lipinski definition) is 1. The molecule has 0 spiro atoms.